The highest BCUT2D eigenvalue weighted by atomic mass is 32.2. The Labute approximate surface area is 116 Å². The summed E-state index contributed by atoms with van der Waals surface area (Å²) in [4.78, 5) is 15.2. The minimum Gasteiger partial charge on any atom is -0.469 e. The third kappa shape index (κ3) is 5.13. The van der Waals surface area contributed by atoms with E-state index < -0.39 is 10.0 Å². The van der Waals surface area contributed by atoms with Crippen molar-refractivity contribution in [3.8, 4) is 0 Å². The van der Waals surface area contributed by atoms with Gasteiger partial charge in [0.1, 0.15) is 0 Å². The molecule has 1 N–H and O–H groups in total. The van der Waals surface area contributed by atoms with Crippen LogP contribution in [-0.4, -0.2) is 57.2 Å². The first-order valence-electron chi connectivity index (χ1n) is 5.50. The van der Waals surface area contributed by atoms with E-state index in [4.69, 9.17) is 0 Å². The maximum absolute atomic E-state index is 11.5. The third-order valence-electron chi connectivity index (χ3n) is 2.30. The van der Waals surface area contributed by atoms with Crippen LogP contribution in [0.2, 0.25) is 0 Å². The summed E-state index contributed by atoms with van der Waals surface area (Å²) in [5, 5.41) is 5.24. The molecule has 0 aromatic carbocycles. The number of thiazole rings is 1. The molecule has 1 aromatic heterocycles. The topological polar surface area (TPSA) is 88.6 Å². The van der Waals surface area contributed by atoms with Gasteiger partial charge in [0, 0.05) is 26.0 Å². The first-order chi connectivity index (χ1) is 8.85. The number of rotatable bonds is 7. The molecule has 108 valence electrons. The summed E-state index contributed by atoms with van der Waals surface area (Å²) in [6, 6.07) is 0. The lowest BCUT2D eigenvalue weighted by Gasteiger charge is -2.10. The van der Waals surface area contributed by atoms with Crippen molar-refractivity contribution in [1.82, 2.24) is 9.29 Å². The van der Waals surface area contributed by atoms with Crippen molar-refractivity contribution in [2.24, 2.45) is 0 Å². The van der Waals surface area contributed by atoms with Crippen LogP contribution in [0.1, 0.15) is 5.69 Å². The summed E-state index contributed by atoms with van der Waals surface area (Å²) in [7, 11) is 1.09. The van der Waals surface area contributed by atoms with Crippen LogP contribution in [0.5, 0.6) is 0 Å². The van der Waals surface area contributed by atoms with Gasteiger partial charge in [-0.15, -0.1) is 11.3 Å². The summed E-state index contributed by atoms with van der Waals surface area (Å²) in [5.41, 5.74) is 0.606. The lowest BCUT2D eigenvalue weighted by molar-refractivity contribution is -0.139. The van der Waals surface area contributed by atoms with Gasteiger partial charge in [-0.2, -0.15) is 0 Å². The van der Waals surface area contributed by atoms with Crippen LogP contribution < -0.4 is 5.32 Å². The average molecular weight is 307 g/mol. The summed E-state index contributed by atoms with van der Waals surface area (Å²) < 4.78 is 28.8. The fraction of sp³-hybridized carbons (Fsp3) is 0.600. The van der Waals surface area contributed by atoms with E-state index in [1.807, 2.05) is 0 Å². The van der Waals surface area contributed by atoms with E-state index in [2.05, 4.69) is 15.0 Å². The van der Waals surface area contributed by atoms with Gasteiger partial charge >= 0.3 is 5.97 Å². The van der Waals surface area contributed by atoms with Crippen molar-refractivity contribution in [1.29, 1.82) is 0 Å². The van der Waals surface area contributed by atoms with Gasteiger partial charge in [-0.3, -0.25) is 4.79 Å². The Morgan fingerprint density at radius 1 is 1.53 bits per heavy atom. The number of hydrogen-bond donors (Lipinski definition) is 1. The molecule has 0 saturated carbocycles. The number of methoxy groups -OCH3 is 1. The lowest BCUT2D eigenvalue weighted by atomic mass is 10.3. The average Bonchev–Trinajstić information content (AvgIpc) is 2.76. The van der Waals surface area contributed by atoms with E-state index in [1.54, 1.807) is 5.38 Å². The zero-order valence-corrected chi connectivity index (χ0v) is 12.7. The normalized spacial score (nSPS) is 11.6. The van der Waals surface area contributed by atoms with E-state index >= 15 is 0 Å². The summed E-state index contributed by atoms with van der Waals surface area (Å²) >= 11 is 1.32. The molecule has 7 nitrogen and oxygen atoms in total. The van der Waals surface area contributed by atoms with E-state index in [9.17, 15) is 13.2 Å². The largest absolute Gasteiger partial charge is 0.469 e. The second-order valence-corrected chi connectivity index (χ2v) is 7.08. The number of sulfonamides is 1. The minimum atomic E-state index is -3.21. The number of ether oxygens (including phenoxy) is 1. The zero-order valence-electron chi connectivity index (χ0n) is 11.0. The van der Waals surface area contributed by atoms with Gasteiger partial charge < -0.3 is 10.1 Å². The van der Waals surface area contributed by atoms with Crippen LogP contribution in [0.3, 0.4) is 0 Å². The van der Waals surface area contributed by atoms with E-state index in [0.29, 0.717) is 10.8 Å². The number of hydrogen-bond acceptors (Lipinski definition) is 7. The Balaban J connectivity index is 2.45. The molecular weight excluding hydrogens is 290 g/mol. The third-order valence-corrected chi connectivity index (χ3v) is 4.98. The quantitative estimate of drug-likeness (QED) is 0.722. The van der Waals surface area contributed by atoms with Crippen molar-refractivity contribution in [3.05, 3.63) is 11.1 Å². The van der Waals surface area contributed by atoms with Gasteiger partial charge in [0.15, 0.2) is 5.13 Å². The molecule has 0 unspecified atom stereocenters. The Morgan fingerprint density at radius 3 is 2.79 bits per heavy atom. The Bertz CT molecular complexity index is 525. The smallest absolute Gasteiger partial charge is 0.311 e. The fourth-order valence-electron chi connectivity index (χ4n) is 1.16. The van der Waals surface area contributed by atoms with Crippen molar-refractivity contribution in [3.63, 3.8) is 0 Å². The Hall–Kier alpha value is -1.19. The van der Waals surface area contributed by atoms with Crippen LogP contribution in [0.4, 0.5) is 5.13 Å². The molecule has 19 heavy (non-hydrogen) atoms. The summed E-state index contributed by atoms with van der Waals surface area (Å²) in [5.74, 6) is -0.363. The molecule has 1 rings (SSSR count). The van der Waals surface area contributed by atoms with E-state index in [1.165, 1.54) is 36.8 Å². The highest BCUT2D eigenvalue weighted by Crippen LogP contribution is 2.15. The second-order valence-electron chi connectivity index (χ2n) is 3.92. The van der Waals surface area contributed by atoms with Crippen molar-refractivity contribution in [2.45, 2.75) is 6.42 Å². The monoisotopic (exact) mass is 307 g/mol. The molecule has 0 amide bonds. The molecule has 1 heterocycles. The number of anilines is 1. The molecule has 0 saturated heterocycles. The van der Waals surface area contributed by atoms with Crippen molar-refractivity contribution in [2.75, 3.05) is 38.8 Å². The maximum Gasteiger partial charge on any atom is 0.311 e. The van der Waals surface area contributed by atoms with Gasteiger partial charge in [0.05, 0.1) is 25.0 Å². The molecule has 0 bridgehead atoms. The van der Waals surface area contributed by atoms with Crippen molar-refractivity contribution >= 4 is 32.5 Å². The predicted octanol–water partition coefficient (Wildman–Crippen LogP) is 0.162. The first-order valence-corrected chi connectivity index (χ1v) is 7.99. The molecule has 9 heteroatoms. The van der Waals surface area contributed by atoms with Gasteiger partial charge in [-0.25, -0.2) is 17.7 Å². The Kier molecular flexibility index (Phi) is 5.70. The summed E-state index contributed by atoms with van der Waals surface area (Å²) in [6.45, 7) is 0.270. The van der Waals surface area contributed by atoms with Gasteiger partial charge in [0.2, 0.25) is 10.0 Å². The van der Waals surface area contributed by atoms with Gasteiger partial charge in [-0.05, 0) is 0 Å². The second kappa shape index (κ2) is 6.83. The maximum atomic E-state index is 11.5. The predicted molar refractivity (Wildman–Crippen MR) is 73.8 cm³/mol. The van der Waals surface area contributed by atoms with Crippen LogP contribution >= 0.6 is 11.3 Å². The molecule has 0 atom stereocenters. The van der Waals surface area contributed by atoms with Crippen LogP contribution in [-0.2, 0) is 26.0 Å². The van der Waals surface area contributed by atoms with Crippen molar-refractivity contribution < 1.29 is 17.9 Å². The summed E-state index contributed by atoms with van der Waals surface area (Å²) in [6.07, 6.45) is 0.116. The number of esters is 1. The number of aromatic nitrogens is 1. The minimum absolute atomic E-state index is 0.00802. The highest BCUT2D eigenvalue weighted by molar-refractivity contribution is 7.89. The fourth-order valence-corrected chi connectivity index (χ4v) is 2.62. The Morgan fingerprint density at radius 2 is 2.21 bits per heavy atom. The molecule has 1 aromatic rings. The highest BCUT2D eigenvalue weighted by Gasteiger charge is 2.13. The van der Waals surface area contributed by atoms with E-state index in [-0.39, 0.29) is 24.7 Å². The number of carbonyl (C=O) groups is 1. The molecular formula is C10H17N3O4S2. The lowest BCUT2D eigenvalue weighted by Crippen LogP contribution is -2.28. The standard InChI is InChI=1S/C10H17N3O4S2/c1-13(2)19(15,16)5-4-11-10-12-8(7-18-10)6-9(14)17-3/h7H,4-6H2,1-3H3,(H,11,12). The molecule has 0 fully saturated rings. The molecule has 0 spiro atoms. The van der Waals surface area contributed by atoms with Crippen LogP contribution in [0, 0.1) is 0 Å². The van der Waals surface area contributed by atoms with Crippen LogP contribution in [0.15, 0.2) is 5.38 Å². The molecule has 0 aliphatic heterocycles. The van der Waals surface area contributed by atoms with E-state index in [0.717, 1.165) is 0 Å². The van der Waals surface area contributed by atoms with Crippen LogP contribution in [0.25, 0.3) is 0 Å². The molecule has 0 radical (unpaired) electrons. The zero-order chi connectivity index (χ0) is 14.5. The number of carbonyl (C=O) groups excluding carboxylic acids is 1. The van der Waals surface area contributed by atoms with Gasteiger partial charge in [0.25, 0.3) is 0 Å². The molecule has 0 aliphatic rings. The SMILES string of the molecule is COC(=O)Cc1csc(NCCS(=O)(=O)N(C)C)n1. The number of nitrogens with one attached hydrogen (secondary N) is 1. The molecule has 0 aliphatic carbocycles. The van der Waals surface area contributed by atoms with Gasteiger partial charge in [-0.1, -0.05) is 0 Å². The number of nitrogens with zero attached hydrogens (tertiary/aromatic N) is 2. The first kappa shape index (κ1) is 15.9.